The maximum absolute atomic E-state index is 11.4. The topological polar surface area (TPSA) is 85.0 Å². The van der Waals surface area contributed by atoms with Crippen LogP contribution in [0.2, 0.25) is 0 Å². The molecule has 6 nitrogen and oxygen atoms in total. The van der Waals surface area contributed by atoms with E-state index in [0.717, 1.165) is 0 Å². The van der Waals surface area contributed by atoms with E-state index in [4.69, 9.17) is 15.2 Å². The zero-order valence-electron chi connectivity index (χ0n) is 10.9. The summed E-state index contributed by atoms with van der Waals surface area (Å²) in [5.41, 5.74) is 3.70. The predicted octanol–water partition coefficient (Wildman–Crippen LogP) is -0.896. The van der Waals surface area contributed by atoms with Crippen molar-refractivity contribution in [2.45, 2.75) is 31.0 Å². The third-order valence-corrected chi connectivity index (χ3v) is 3.82. The average Bonchev–Trinajstić information content (AvgIpc) is 2.29. The molecule has 0 aromatic carbocycles. The summed E-state index contributed by atoms with van der Waals surface area (Å²) in [6.45, 7) is 5.05. The fourth-order valence-corrected chi connectivity index (χ4v) is 2.56. The number of nitrogens with zero attached hydrogens (tertiary/aromatic N) is 1. The van der Waals surface area contributed by atoms with E-state index in [1.54, 1.807) is 6.92 Å². The first-order valence-corrected chi connectivity index (χ1v) is 6.40. The summed E-state index contributed by atoms with van der Waals surface area (Å²) in [5.74, 6) is -0.453. The van der Waals surface area contributed by atoms with Gasteiger partial charge in [0.15, 0.2) is 5.60 Å². The standard InChI is InChI=1S/C12H22N2O4/c1-11(10(13)15)8-14(4-7-18-11)9-12(16)2-5-17-6-3-12/h16H,2-9H2,1H3,(H2,13,15)/t11-/m0/s1. The number of amides is 1. The molecular formula is C12H22N2O4. The van der Waals surface area contributed by atoms with E-state index in [1.165, 1.54) is 0 Å². The van der Waals surface area contributed by atoms with Gasteiger partial charge in [0, 0.05) is 45.7 Å². The Morgan fingerprint density at radius 1 is 1.39 bits per heavy atom. The van der Waals surface area contributed by atoms with Crippen molar-refractivity contribution in [2.24, 2.45) is 5.73 Å². The molecule has 2 aliphatic rings. The summed E-state index contributed by atoms with van der Waals surface area (Å²) in [6.07, 6.45) is 1.27. The number of carbonyl (C=O) groups is 1. The molecule has 0 aromatic rings. The van der Waals surface area contributed by atoms with Crippen LogP contribution in [0.1, 0.15) is 19.8 Å². The molecule has 0 aliphatic carbocycles. The molecule has 2 heterocycles. The predicted molar refractivity (Wildman–Crippen MR) is 65.0 cm³/mol. The van der Waals surface area contributed by atoms with Crippen LogP contribution < -0.4 is 5.73 Å². The number of morpholine rings is 1. The molecule has 18 heavy (non-hydrogen) atoms. The molecule has 2 aliphatic heterocycles. The van der Waals surface area contributed by atoms with Crippen LogP contribution >= 0.6 is 0 Å². The summed E-state index contributed by atoms with van der Waals surface area (Å²) >= 11 is 0. The zero-order valence-corrected chi connectivity index (χ0v) is 10.9. The second-order valence-corrected chi connectivity index (χ2v) is 5.49. The summed E-state index contributed by atoms with van der Waals surface area (Å²) in [6, 6.07) is 0. The monoisotopic (exact) mass is 258 g/mol. The van der Waals surface area contributed by atoms with Gasteiger partial charge < -0.3 is 20.3 Å². The van der Waals surface area contributed by atoms with Crippen LogP contribution in [-0.4, -0.2) is 66.6 Å². The summed E-state index contributed by atoms with van der Waals surface area (Å²) in [5, 5.41) is 10.5. The van der Waals surface area contributed by atoms with Crippen LogP contribution in [0.4, 0.5) is 0 Å². The summed E-state index contributed by atoms with van der Waals surface area (Å²) in [4.78, 5) is 13.4. The van der Waals surface area contributed by atoms with E-state index in [9.17, 15) is 9.90 Å². The lowest BCUT2D eigenvalue weighted by molar-refractivity contribution is -0.159. The Morgan fingerprint density at radius 2 is 2.06 bits per heavy atom. The molecular weight excluding hydrogens is 236 g/mol. The second-order valence-electron chi connectivity index (χ2n) is 5.49. The van der Waals surface area contributed by atoms with Gasteiger partial charge in [-0.1, -0.05) is 0 Å². The van der Waals surface area contributed by atoms with Crippen molar-refractivity contribution < 1.29 is 19.4 Å². The normalized spacial score (nSPS) is 33.2. The van der Waals surface area contributed by atoms with Crippen LogP contribution in [0, 0.1) is 0 Å². The fourth-order valence-electron chi connectivity index (χ4n) is 2.56. The van der Waals surface area contributed by atoms with E-state index < -0.39 is 17.1 Å². The first-order chi connectivity index (χ1) is 8.44. The molecule has 0 aromatic heterocycles. The van der Waals surface area contributed by atoms with E-state index >= 15 is 0 Å². The molecule has 2 saturated heterocycles. The minimum Gasteiger partial charge on any atom is -0.388 e. The second kappa shape index (κ2) is 5.13. The molecule has 0 radical (unpaired) electrons. The Hall–Kier alpha value is -0.690. The molecule has 3 N–H and O–H groups in total. The molecule has 1 amide bonds. The van der Waals surface area contributed by atoms with E-state index in [1.807, 2.05) is 0 Å². The van der Waals surface area contributed by atoms with Gasteiger partial charge in [-0.2, -0.15) is 0 Å². The lowest BCUT2D eigenvalue weighted by Crippen LogP contribution is -2.60. The number of aliphatic hydroxyl groups is 1. The number of hydrogen-bond donors (Lipinski definition) is 2. The molecule has 1 atom stereocenters. The number of nitrogens with two attached hydrogens (primary N) is 1. The van der Waals surface area contributed by atoms with Crippen LogP contribution in [0.3, 0.4) is 0 Å². The molecule has 2 rings (SSSR count). The van der Waals surface area contributed by atoms with Gasteiger partial charge in [-0.3, -0.25) is 9.69 Å². The third-order valence-electron chi connectivity index (χ3n) is 3.82. The average molecular weight is 258 g/mol. The summed E-state index contributed by atoms with van der Waals surface area (Å²) < 4.78 is 10.7. The van der Waals surface area contributed by atoms with Gasteiger partial charge in [0.1, 0.15) is 0 Å². The van der Waals surface area contributed by atoms with Gasteiger partial charge in [-0.05, 0) is 6.92 Å². The molecule has 104 valence electrons. The summed E-state index contributed by atoms with van der Waals surface area (Å²) in [7, 11) is 0. The van der Waals surface area contributed by atoms with Crippen molar-refractivity contribution in [2.75, 3.05) is 39.5 Å². The van der Waals surface area contributed by atoms with Crippen LogP contribution in [0.5, 0.6) is 0 Å². The Labute approximate surface area is 107 Å². The largest absolute Gasteiger partial charge is 0.388 e. The highest BCUT2D eigenvalue weighted by Gasteiger charge is 2.40. The van der Waals surface area contributed by atoms with Crippen molar-refractivity contribution in [1.29, 1.82) is 0 Å². The Kier molecular flexibility index (Phi) is 3.91. The van der Waals surface area contributed by atoms with Gasteiger partial charge in [0.25, 0.3) is 5.91 Å². The molecule has 2 fully saturated rings. The Balaban J connectivity index is 1.95. The molecule has 6 heteroatoms. The lowest BCUT2D eigenvalue weighted by Gasteiger charge is -2.43. The van der Waals surface area contributed by atoms with Crippen LogP contribution in [-0.2, 0) is 14.3 Å². The first-order valence-electron chi connectivity index (χ1n) is 6.40. The van der Waals surface area contributed by atoms with E-state index in [0.29, 0.717) is 52.3 Å². The van der Waals surface area contributed by atoms with Crippen molar-refractivity contribution in [3.63, 3.8) is 0 Å². The van der Waals surface area contributed by atoms with Gasteiger partial charge in [0.05, 0.1) is 12.2 Å². The highest BCUT2D eigenvalue weighted by Crippen LogP contribution is 2.24. The third kappa shape index (κ3) is 3.00. The van der Waals surface area contributed by atoms with Crippen LogP contribution in [0.25, 0.3) is 0 Å². The van der Waals surface area contributed by atoms with Crippen molar-refractivity contribution >= 4 is 5.91 Å². The van der Waals surface area contributed by atoms with Gasteiger partial charge in [-0.25, -0.2) is 0 Å². The van der Waals surface area contributed by atoms with Crippen LogP contribution in [0.15, 0.2) is 0 Å². The van der Waals surface area contributed by atoms with E-state index in [2.05, 4.69) is 4.90 Å². The van der Waals surface area contributed by atoms with Gasteiger partial charge in [0.2, 0.25) is 0 Å². The Bertz CT molecular complexity index is 317. The first kappa shape index (κ1) is 13.7. The van der Waals surface area contributed by atoms with Gasteiger partial charge in [-0.15, -0.1) is 0 Å². The SMILES string of the molecule is C[C@@]1(C(N)=O)CN(CC2(O)CCOCC2)CCO1. The fraction of sp³-hybridized carbons (Fsp3) is 0.917. The minimum absolute atomic E-state index is 0.436. The zero-order chi connectivity index (χ0) is 13.2. The maximum Gasteiger partial charge on any atom is 0.250 e. The quantitative estimate of drug-likeness (QED) is 0.685. The number of rotatable bonds is 3. The van der Waals surface area contributed by atoms with Gasteiger partial charge >= 0.3 is 0 Å². The Morgan fingerprint density at radius 3 is 2.67 bits per heavy atom. The number of hydrogen-bond acceptors (Lipinski definition) is 5. The lowest BCUT2D eigenvalue weighted by atomic mass is 9.92. The molecule has 0 spiro atoms. The van der Waals surface area contributed by atoms with Crippen molar-refractivity contribution in [3.05, 3.63) is 0 Å². The number of ether oxygens (including phenoxy) is 2. The number of carbonyl (C=O) groups excluding carboxylic acids is 1. The highest BCUT2D eigenvalue weighted by molar-refractivity contribution is 5.83. The van der Waals surface area contributed by atoms with E-state index in [-0.39, 0.29) is 0 Å². The highest BCUT2D eigenvalue weighted by atomic mass is 16.5. The smallest absolute Gasteiger partial charge is 0.250 e. The van der Waals surface area contributed by atoms with Crippen molar-refractivity contribution in [1.82, 2.24) is 4.90 Å². The van der Waals surface area contributed by atoms with Crippen molar-refractivity contribution in [3.8, 4) is 0 Å². The maximum atomic E-state index is 11.4. The molecule has 0 unspecified atom stereocenters. The molecule has 0 saturated carbocycles. The minimum atomic E-state index is -0.945. The number of β-amino-alcohol motifs (C(OH)–C–C–N with tert-alkyl or cyclic N) is 1. The molecule has 0 bridgehead atoms. The number of primary amides is 1.